The molecule has 98 valence electrons. The van der Waals surface area contributed by atoms with Crippen LogP contribution in [0.15, 0.2) is 12.2 Å². The molecule has 0 rings (SSSR count). The molecule has 0 amide bonds. The molecule has 0 aromatic carbocycles. The summed E-state index contributed by atoms with van der Waals surface area (Å²) < 4.78 is 3.88. The van der Waals surface area contributed by atoms with Crippen molar-refractivity contribution in [3.8, 4) is 0 Å². The first-order chi connectivity index (χ1) is 7.76. The maximum absolute atomic E-state index is 4.25. The van der Waals surface area contributed by atoms with Gasteiger partial charge in [-0.15, -0.1) is 0 Å². The van der Waals surface area contributed by atoms with E-state index in [1.807, 2.05) is 0 Å². The van der Waals surface area contributed by atoms with Crippen LogP contribution in [0.1, 0.15) is 46.0 Å². The number of alkyl halides is 3. The third kappa shape index (κ3) is 9.10. The van der Waals surface area contributed by atoms with Crippen LogP contribution in [0, 0.1) is 0 Å². The average Bonchev–Trinajstić information content (AvgIpc) is 2.30. The first-order valence-electron chi connectivity index (χ1n) is 6.03. The predicted molar refractivity (Wildman–Crippen MR) is 81.4 cm³/mol. The summed E-state index contributed by atoms with van der Waals surface area (Å²) in [5, 5.41) is 3.61. The van der Waals surface area contributed by atoms with Gasteiger partial charge in [-0.05, 0) is 0 Å². The van der Waals surface area contributed by atoms with Gasteiger partial charge >= 0.3 is 123 Å². The third-order valence-corrected chi connectivity index (χ3v) is 10.2. The Balaban J connectivity index is 3.99. The Morgan fingerprint density at radius 1 is 1.44 bits per heavy atom. The molecule has 0 aliphatic heterocycles. The molecule has 1 nitrogen and oxygen atoms in total. The molecule has 1 N–H and O–H groups in total. The molecule has 16 heavy (non-hydrogen) atoms. The molecular formula is C13H26I2N-. The zero-order valence-corrected chi connectivity index (χ0v) is 15.2. The van der Waals surface area contributed by atoms with Crippen molar-refractivity contribution in [2.24, 2.45) is 0 Å². The van der Waals surface area contributed by atoms with Crippen molar-refractivity contribution >= 4 is 24.9 Å². The van der Waals surface area contributed by atoms with Crippen molar-refractivity contribution in [1.82, 2.24) is 5.32 Å². The van der Waals surface area contributed by atoms with Gasteiger partial charge in [0.15, 0.2) is 0 Å². The minimum absolute atomic E-state index is 0.312. The molecule has 0 heterocycles. The van der Waals surface area contributed by atoms with E-state index in [1.165, 1.54) is 40.1 Å². The molecule has 0 bridgehead atoms. The van der Waals surface area contributed by atoms with Crippen molar-refractivity contribution in [2.75, 3.05) is 7.36 Å². The number of hydrogen-bond donors (Lipinski definition) is 1. The summed E-state index contributed by atoms with van der Waals surface area (Å²) in [6, 6.07) is 0.548. The van der Waals surface area contributed by atoms with Crippen LogP contribution in [0.5, 0.6) is 0 Å². The van der Waals surface area contributed by atoms with Gasteiger partial charge in [0.05, 0.1) is 0 Å². The summed E-state index contributed by atoms with van der Waals surface area (Å²) in [4.78, 5) is 2.37. The Kier molecular flexibility index (Phi) is 13.3. The van der Waals surface area contributed by atoms with Crippen LogP contribution in [0.2, 0.25) is 0 Å². The number of hydrogen-bond acceptors (Lipinski definition) is 1. The number of nitrogens with one attached hydrogen (secondary N) is 1. The summed E-state index contributed by atoms with van der Waals surface area (Å²) in [5.41, 5.74) is 1.41. The fourth-order valence-electron chi connectivity index (χ4n) is 1.48. The van der Waals surface area contributed by atoms with Crippen LogP contribution in [0.25, 0.3) is 0 Å². The summed E-state index contributed by atoms with van der Waals surface area (Å²) >= 11 is 0.809. The van der Waals surface area contributed by atoms with E-state index in [4.69, 9.17) is 0 Å². The zero-order chi connectivity index (χ0) is 12.2. The van der Waals surface area contributed by atoms with Gasteiger partial charge in [-0.3, -0.25) is 0 Å². The first kappa shape index (κ1) is 17.0. The molecule has 0 spiro atoms. The van der Waals surface area contributed by atoms with Crippen LogP contribution < -0.4 is 26.5 Å². The van der Waals surface area contributed by atoms with Gasteiger partial charge in [-0.25, -0.2) is 0 Å². The third-order valence-electron chi connectivity index (χ3n) is 2.42. The van der Waals surface area contributed by atoms with E-state index in [9.17, 15) is 0 Å². The quantitative estimate of drug-likeness (QED) is 0.297. The van der Waals surface area contributed by atoms with Gasteiger partial charge in [0.25, 0.3) is 0 Å². The normalized spacial score (nSPS) is 13.9. The second kappa shape index (κ2) is 12.5. The molecular weight excluding hydrogens is 424 g/mol. The topological polar surface area (TPSA) is 12.0 Å². The van der Waals surface area contributed by atoms with Gasteiger partial charge < -0.3 is 0 Å². The fraction of sp³-hybridized carbons (Fsp3) is 0.769. The van der Waals surface area contributed by atoms with Gasteiger partial charge in [0.2, 0.25) is 0 Å². The van der Waals surface area contributed by atoms with E-state index in [1.54, 1.807) is 0 Å². The minimum atomic E-state index is 0.312. The average molecular weight is 450 g/mol. The fourth-order valence-corrected chi connectivity index (χ4v) is 6.02. The van der Waals surface area contributed by atoms with Crippen molar-refractivity contribution in [2.45, 2.75) is 52.0 Å². The molecule has 0 radical (unpaired) electrons. The first-order valence-corrected chi connectivity index (χ1v) is 12.5. The number of unbranched alkanes of at least 4 members (excludes halogenated alkanes) is 1. The molecule has 0 fully saturated rings. The SMILES string of the molecule is C=C(CCCC)C(CCC)NC=IC[I-]C. The number of rotatable bonds is 10. The van der Waals surface area contributed by atoms with Crippen molar-refractivity contribution < 1.29 is 21.2 Å². The molecule has 0 aliphatic rings. The maximum atomic E-state index is 4.25. The van der Waals surface area contributed by atoms with Gasteiger partial charge in [-0.2, -0.15) is 0 Å². The summed E-state index contributed by atoms with van der Waals surface area (Å²) in [6.07, 6.45) is 6.24. The van der Waals surface area contributed by atoms with E-state index >= 15 is 0 Å². The molecule has 1 atom stereocenters. The summed E-state index contributed by atoms with van der Waals surface area (Å²) in [5.74, 6) is 0. The van der Waals surface area contributed by atoms with Gasteiger partial charge in [0, 0.05) is 0 Å². The Morgan fingerprint density at radius 3 is 2.75 bits per heavy atom. The summed E-state index contributed by atoms with van der Waals surface area (Å²) in [6.45, 7) is 8.75. The van der Waals surface area contributed by atoms with Crippen molar-refractivity contribution in [3.63, 3.8) is 0 Å². The van der Waals surface area contributed by atoms with E-state index in [-0.39, 0.29) is 0 Å². The van der Waals surface area contributed by atoms with Gasteiger partial charge in [0.1, 0.15) is 0 Å². The standard InChI is InChI=1S/C13H26I2N/c1-5-7-9-12(3)13(8-6-2)16-11-15-10-14-4/h11,13,16H,3,5-10H2,1-2,4H3/q-1. The molecule has 1 unspecified atom stereocenters. The summed E-state index contributed by atoms with van der Waals surface area (Å²) in [7, 11) is 0. The zero-order valence-electron chi connectivity index (χ0n) is 10.9. The van der Waals surface area contributed by atoms with E-state index in [0.717, 1.165) is 0 Å². The van der Waals surface area contributed by atoms with E-state index < -0.39 is 0 Å². The van der Waals surface area contributed by atoms with E-state index in [2.05, 4.69) is 34.8 Å². The van der Waals surface area contributed by atoms with Crippen LogP contribution in [-0.4, -0.2) is 17.5 Å². The van der Waals surface area contributed by atoms with Crippen molar-refractivity contribution in [1.29, 1.82) is 0 Å². The van der Waals surface area contributed by atoms with Crippen LogP contribution in [0.4, 0.5) is 0 Å². The second-order valence-corrected chi connectivity index (χ2v) is 11.4. The molecule has 0 aromatic heterocycles. The number of halogens is 2. The Labute approximate surface area is 122 Å². The molecule has 0 saturated carbocycles. The molecule has 0 aliphatic carbocycles. The monoisotopic (exact) mass is 450 g/mol. The van der Waals surface area contributed by atoms with Crippen LogP contribution >= 0.6 is 20.7 Å². The van der Waals surface area contributed by atoms with Crippen molar-refractivity contribution in [3.05, 3.63) is 12.2 Å². The molecule has 0 aromatic rings. The van der Waals surface area contributed by atoms with Gasteiger partial charge in [-0.1, -0.05) is 0 Å². The van der Waals surface area contributed by atoms with Crippen LogP contribution in [0.3, 0.4) is 0 Å². The predicted octanol–water partition coefficient (Wildman–Crippen LogP) is 0.898. The van der Waals surface area contributed by atoms with Crippen LogP contribution in [-0.2, 0) is 0 Å². The molecule has 0 saturated heterocycles. The second-order valence-electron chi connectivity index (χ2n) is 3.90. The Bertz CT molecular complexity index is 202. The Hall–Kier alpha value is 1.03. The molecule has 3 heteroatoms. The Morgan fingerprint density at radius 2 is 2.19 bits per heavy atom. The van der Waals surface area contributed by atoms with E-state index in [0.29, 0.717) is 48.0 Å².